The highest BCUT2D eigenvalue weighted by Gasteiger charge is 2.22. The summed E-state index contributed by atoms with van der Waals surface area (Å²) in [7, 11) is 0. The number of ether oxygens (including phenoxy) is 1. The highest BCUT2D eigenvalue weighted by molar-refractivity contribution is 6.42. The number of carbonyl (C=O) groups excluding carboxylic acids is 1. The van der Waals surface area contributed by atoms with Crippen LogP contribution in [0.15, 0.2) is 59.2 Å². The molecule has 0 unspecified atom stereocenters. The molecule has 1 aliphatic heterocycles. The third kappa shape index (κ3) is 6.36. The Balaban J connectivity index is 1.47. The molecule has 1 aliphatic rings. The second-order valence-corrected chi connectivity index (χ2v) is 9.03. The quantitative estimate of drug-likeness (QED) is 0.422. The molecule has 2 heterocycles. The zero-order valence-electron chi connectivity index (χ0n) is 18.5. The average Bonchev–Trinajstić information content (AvgIpc) is 3.52. The summed E-state index contributed by atoms with van der Waals surface area (Å²) < 4.78 is 11.2. The first-order valence-electron chi connectivity index (χ1n) is 11.1. The van der Waals surface area contributed by atoms with Gasteiger partial charge in [-0.05, 0) is 43.0 Å². The van der Waals surface area contributed by atoms with Gasteiger partial charge >= 0.3 is 0 Å². The van der Waals surface area contributed by atoms with Crippen molar-refractivity contribution in [3.63, 3.8) is 0 Å². The molecule has 1 saturated heterocycles. The van der Waals surface area contributed by atoms with Crippen LogP contribution >= 0.6 is 23.2 Å². The van der Waals surface area contributed by atoms with Gasteiger partial charge in [0.25, 0.3) is 5.91 Å². The Kier molecular flexibility index (Phi) is 8.04. The van der Waals surface area contributed by atoms with Gasteiger partial charge in [-0.3, -0.25) is 9.69 Å². The topological polar surface area (TPSA) is 67.6 Å². The predicted molar refractivity (Wildman–Crippen MR) is 128 cm³/mol. The summed E-state index contributed by atoms with van der Waals surface area (Å²) in [6, 6.07) is 15.9. The summed E-state index contributed by atoms with van der Waals surface area (Å²) in [6.45, 7) is 4.40. The summed E-state index contributed by atoms with van der Waals surface area (Å²) in [4.78, 5) is 19.1. The van der Waals surface area contributed by atoms with Gasteiger partial charge in [0.15, 0.2) is 5.69 Å². The van der Waals surface area contributed by atoms with E-state index in [2.05, 4.69) is 34.3 Å². The molecular weight excluding hydrogens is 461 g/mol. The van der Waals surface area contributed by atoms with Gasteiger partial charge in [-0.2, -0.15) is 0 Å². The molecule has 174 valence electrons. The van der Waals surface area contributed by atoms with Crippen LogP contribution in [0.3, 0.4) is 0 Å². The normalized spacial score (nSPS) is 16.8. The minimum Gasteiger partial charge on any atom is -0.447 e. The lowest BCUT2D eigenvalue weighted by molar-refractivity contribution is 0.0853. The van der Waals surface area contributed by atoms with E-state index >= 15 is 0 Å². The fourth-order valence-electron chi connectivity index (χ4n) is 3.91. The Morgan fingerprint density at radius 3 is 2.73 bits per heavy atom. The minimum atomic E-state index is -0.257. The third-order valence-electron chi connectivity index (χ3n) is 5.84. The molecule has 8 heteroatoms. The van der Waals surface area contributed by atoms with Gasteiger partial charge in [-0.15, -0.1) is 0 Å². The number of nitrogens with zero attached hydrogens (tertiary/aromatic N) is 2. The summed E-state index contributed by atoms with van der Waals surface area (Å²) in [5.41, 5.74) is 2.46. The summed E-state index contributed by atoms with van der Waals surface area (Å²) >= 11 is 12.3. The monoisotopic (exact) mass is 487 g/mol. The molecule has 0 radical (unpaired) electrons. The van der Waals surface area contributed by atoms with E-state index < -0.39 is 0 Å². The Morgan fingerprint density at radius 2 is 2.00 bits per heavy atom. The van der Waals surface area contributed by atoms with E-state index in [1.165, 1.54) is 11.8 Å². The van der Waals surface area contributed by atoms with Crippen molar-refractivity contribution in [1.29, 1.82) is 0 Å². The SMILES string of the molecule is C[C@H](c1ccccc1)N(Cc1ccc(Cl)c(Cl)c1)Cc1nc(C(=O)NC[C@@H]2CCCO2)co1. The van der Waals surface area contributed by atoms with Crippen LogP contribution in [0.1, 0.15) is 53.3 Å². The van der Waals surface area contributed by atoms with E-state index in [1.807, 2.05) is 30.3 Å². The Hall–Kier alpha value is -2.38. The third-order valence-corrected chi connectivity index (χ3v) is 6.58. The van der Waals surface area contributed by atoms with E-state index in [0.29, 0.717) is 35.6 Å². The number of hydrogen-bond donors (Lipinski definition) is 1. The number of oxazole rings is 1. The van der Waals surface area contributed by atoms with E-state index in [4.69, 9.17) is 32.4 Å². The lowest BCUT2D eigenvalue weighted by Gasteiger charge is -2.28. The predicted octanol–water partition coefficient (Wildman–Crippen LogP) is 5.65. The highest BCUT2D eigenvalue weighted by atomic mass is 35.5. The maximum Gasteiger partial charge on any atom is 0.273 e. The number of halogens is 2. The smallest absolute Gasteiger partial charge is 0.273 e. The molecule has 4 rings (SSSR count). The van der Waals surface area contributed by atoms with E-state index in [9.17, 15) is 4.79 Å². The molecule has 33 heavy (non-hydrogen) atoms. The molecule has 6 nitrogen and oxygen atoms in total. The number of rotatable bonds is 9. The second-order valence-electron chi connectivity index (χ2n) is 8.21. The van der Waals surface area contributed by atoms with Crippen molar-refractivity contribution in [2.75, 3.05) is 13.2 Å². The number of amides is 1. The average molecular weight is 488 g/mol. The largest absolute Gasteiger partial charge is 0.447 e. The van der Waals surface area contributed by atoms with Gasteiger partial charge in [0.1, 0.15) is 6.26 Å². The van der Waals surface area contributed by atoms with Gasteiger partial charge in [0, 0.05) is 25.7 Å². The van der Waals surface area contributed by atoms with Gasteiger partial charge in [-0.25, -0.2) is 4.98 Å². The molecule has 3 aromatic rings. The number of nitrogens with one attached hydrogen (secondary N) is 1. The molecular formula is C25H27Cl2N3O3. The van der Waals surface area contributed by atoms with E-state index in [1.54, 1.807) is 6.07 Å². The number of aromatic nitrogens is 1. The molecule has 0 saturated carbocycles. The number of hydrogen-bond acceptors (Lipinski definition) is 5. The van der Waals surface area contributed by atoms with E-state index in [-0.39, 0.29) is 23.7 Å². The number of carbonyl (C=O) groups is 1. The van der Waals surface area contributed by atoms with Crippen LogP contribution in [-0.2, 0) is 17.8 Å². The van der Waals surface area contributed by atoms with Crippen LogP contribution in [-0.4, -0.2) is 35.0 Å². The summed E-state index contributed by atoms with van der Waals surface area (Å²) in [6.07, 6.45) is 3.48. The van der Waals surface area contributed by atoms with Crippen LogP contribution in [0, 0.1) is 0 Å². The van der Waals surface area contributed by atoms with Crippen LogP contribution in [0.5, 0.6) is 0 Å². The maximum atomic E-state index is 12.5. The van der Waals surface area contributed by atoms with Gasteiger partial charge in [0.2, 0.25) is 5.89 Å². The summed E-state index contributed by atoms with van der Waals surface area (Å²) in [5.74, 6) is 0.216. The Morgan fingerprint density at radius 1 is 1.18 bits per heavy atom. The summed E-state index contributed by atoms with van der Waals surface area (Å²) in [5, 5.41) is 3.92. The lowest BCUT2D eigenvalue weighted by Crippen LogP contribution is -2.32. The molecule has 2 atom stereocenters. The first-order chi connectivity index (χ1) is 16.0. The Bertz CT molecular complexity index is 1070. The highest BCUT2D eigenvalue weighted by Crippen LogP contribution is 2.27. The molecule has 0 aliphatic carbocycles. The van der Waals surface area contributed by atoms with Crippen molar-refractivity contribution >= 4 is 29.1 Å². The molecule has 2 aromatic carbocycles. The van der Waals surface area contributed by atoms with Crippen LogP contribution < -0.4 is 5.32 Å². The molecule has 1 fully saturated rings. The van der Waals surface area contributed by atoms with Gasteiger partial charge in [0.05, 0.1) is 22.7 Å². The molecule has 1 N–H and O–H groups in total. The van der Waals surface area contributed by atoms with Crippen LogP contribution in [0.25, 0.3) is 0 Å². The van der Waals surface area contributed by atoms with Gasteiger partial charge < -0.3 is 14.5 Å². The van der Waals surface area contributed by atoms with Crippen molar-refractivity contribution < 1.29 is 13.9 Å². The first-order valence-corrected chi connectivity index (χ1v) is 11.8. The van der Waals surface area contributed by atoms with E-state index in [0.717, 1.165) is 25.0 Å². The standard InChI is InChI=1S/C25H27Cl2N3O3/c1-17(19-6-3-2-4-7-19)30(14-18-9-10-21(26)22(27)12-18)15-24-29-23(16-33-24)25(31)28-13-20-8-5-11-32-20/h2-4,6-7,9-10,12,16-17,20H,5,8,11,13-15H2,1H3,(H,28,31)/t17-,20+/m1/s1. The molecule has 0 spiro atoms. The van der Waals surface area contributed by atoms with Crippen molar-refractivity contribution in [1.82, 2.24) is 15.2 Å². The minimum absolute atomic E-state index is 0.0735. The fourth-order valence-corrected chi connectivity index (χ4v) is 4.23. The number of benzene rings is 2. The van der Waals surface area contributed by atoms with Crippen molar-refractivity contribution in [2.45, 2.75) is 45.0 Å². The first kappa shape index (κ1) is 23.8. The maximum absolute atomic E-state index is 12.5. The molecule has 1 aromatic heterocycles. The zero-order chi connectivity index (χ0) is 23.2. The van der Waals surface area contributed by atoms with Crippen LogP contribution in [0.2, 0.25) is 10.0 Å². The fraction of sp³-hybridized carbons (Fsp3) is 0.360. The van der Waals surface area contributed by atoms with Crippen molar-refractivity contribution in [2.24, 2.45) is 0 Å². The van der Waals surface area contributed by atoms with Gasteiger partial charge in [-0.1, -0.05) is 59.6 Å². The van der Waals surface area contributed by atoms with Crippen molar-refractivity contribution in [3.8, 4) is 0 Å². The molecule has 1 amide bonds. The zero-order valence-corrected chi connectivity index (χ0v) is 20.0. The molecule has 0 bridgehead atoms. The van der Waals surface area contributed by atoms with Crippen LogP contribution in [0.4, 0.5) is 0 Å². The second kappa shape index (κ2) is 11.2. The van der Waals surface area contributed by atoms with Crippen molar-refractivity contribution in [3.05, 3.63) is 87.6 Å². The Labute approximate surface area is 203 Å². The lowest BCUT2D eigenvalue weighted by atomic mass is 10.1.